The second kappa shape index (κ2) is 5.19. The molecule has 1 heterocycles. The molecule has 4 heteroatoms. The first-order valence-electron chi connectivity index (χ1n) is 7.03. The number of nitrogens with one attached hydrogen (secondary N) is 1. The van der Waals surface area contributed by atoms with Crippen molar-refractivity contribution in [1.82, 2.24) is 0 Å². The smallest absolute Gasteiger partial charge is 0.338 e. The van der Waals surface area contributed by atoms with E-state index in [0.29, 0.717) is 18.4 Å². The van der Waals surface area contributed by atoms with Gasteiger partial charge >= 0.3 is 5.97 Å². The lowest BCUT2D eigenvalue weighted by molar-refractivity contribution is -0.956. The van der Waals surface area contributed by atoms with Crippen LogP contribution >= 0.6 is 0 Å². The molecule has 20 heavy (non-hydrogen) atoms. The lowest BCUT2D eigenvalue weighted by atomic mass is 9.80. The van der Waals surface area contributed by atoms with Gasteiger partial charge in [-0.15, -0.1) is 0 Å². The van der Waals surface area contributed by atoms with Crippen LogP contribution in [0.4, 0.5) is 0 Å². The van der Waals surface area contributed by atoms with Crippen molar-refractivity contribution in [3.05, 3.63) is 41.1 Å². The Morgan fingerprint density at radius 3 is 2.15 bits per heavy atom. The number of hydrogen-bond acceptors (Lipinski definition) is 3. The molecule has 0 radical (unpaired) electrons. The predicted molar refractivity (Wildman–Crippen MR) is 77.4 cm³/mol. The molecular formula is C16H23NO3. The zero-order valence-corrected chi connectivity index (χ0v) is 12.6. The summed E-state index contributed by atoms with van der Waals surface area (Å²) in [6, 6.07) is 8.98. The largest absolute Gasteiger partial charge is 0.634 e. The van der Waals surface area contributed by atoms with E-state index in [1.807, 2.05) is 45.9 Å². The van der Waals surface area contributed by atoms with Crippen molar-refractivity contribution < 1.29 is 14.6 Å². The zero-order chi connectivity index (χ0) is 15.0. The highest BCUT2D eigenvalue weighted by Crippen LogP contribution is 2.26. The van der Waals surface area contributed by atoms with Gasteiger partial charge in [0.2, 0.25) is 0 Å². The van der Waals surface area contributed by atoms with E-state index in [0.717, 1.165) is 0 Å². The minimum atomic E-state index is -0.441. The van der Waals surface area contributed by atoms with Crippen LogP contribution in [0.2, 0.25) is 0 Å². The maximum Gasteiger partial charge on any atom is 0.338 e. The molecule has 0 bridgehead atoms. The third kappa shape index (κ3) is 3.02. The van der Waals surface area contributed by atoms with E-state index in [4.69, 9.17) is 4.74 Å². The van der Waals surface area contributed by atoms with Gasteiger partial charge in [0.1, 0.15) is 6.10 Å². The number of hydroxylamine groups is 2. The summed E-state index contributed by atoms with van der Waals surface area (Å²) in [5.41, 5.74) is -0.327. The summed E-state index contributed by atoms with van der Waals surface area (Å²) in [6.45, 7) is 7.72. The van der Waals surface area contributed by atoms with Crippen molar-refractivity contribution in [1.29, 1.82) is 0 Å². The van der Waals surface area contributed by atoms with E-state index >= 15 is 0 Å². The molecule has 1 N–H and O–H groups in total. The fourth-order valence-electron chi connectivity index (χ4n) is 3.19. The van der Waals surface area contributed by atoms with Crippen molar-refractivity contribution in [2.45, 2.75) is 57.7 Å². The standard InChI is InChI=1S/C16H23NO3/c1-15(2)10-13(11-16(3,4)17(15)19)20-14(18)12-8-6-5-7-9-12/h5-9,13,17H,10-11H2,1-4H3. The van der Waals surface area contributed by atoms with Crippen molar-refractivity contribution in [3.8, 4) is 0 Å². The number of ether oxygens (including phenoxy) is 1. The molecule has 0 unspecified atom stereocenters. The van der Waals surface area contributed by atoms with Crippen molar-refractivity contribution in [2.24, 2.45) is 0 Å². The fraction of sp³-hybridized carbons (Fsp3) is 0.562. The molecule has 0 saturated carbocycles. The van der Waals surface area contributed by atoms with Gasteiger partial charge in [-0.3, -0.25) is 0 Å². The number of carbonyl (C=O) groups is 1. The molecule has 1 aromatic carbocycles. The highest BCUT2D eigenvalue weighted by molar-refractivity contribution is 5.89. The second-order valence-electron chi connectivity index (χ2n) is 6.90. The highest BCUT2D eigenvalue weighted by Gasteiger charge is 2.46. The molecule has 0 atom stereocenters. The monoisotopic (exact) mass is 277 g/mol. The van der Waals surface area contributed by atoms with Gasteiger partial charge < -0.3 is 15.0 Å². The number of benzene rings is 1. The van der Waals surface area contributed by atoms with Gasteiger partial charge in [0.15, 0.2) is 0 Å². The maximum atomic E-state index is 12.3. The number of quaternary nitrogens is 1. The minimum absolute atomic E-state index is 0.203. The van der Waals surface area contributed by atoms with E-state index in [1.54, 1.807) is 12.1 Å². The summed E-state index contributed by atoms with van der Waals surface area (Å²) in [7, 11) is 0. The van der Waals surface area contributed by atoms with Crippen LogP contribution in [0.5, 0.6) is 0 Å². The third-order valence-electron chi connectivity index (χ3n) is 3.99. The molecule has 0 aliphatic carbocycles. The quantitative estimate of drug-likeness (QED) is 0.664. The van der Waals surface area contributed by atoms with Crippen LogP contribution in [-0.4, -0.2) is 23.2 Å². The molecule has 1 saturated heterocycles. The molecule has 1 aliphatic rings. The highest BCUT2D eigenvalue weighted by atomic mass is 16.5. The van der Waals surface area contributed by atoms with Gasteiger partial charge in [0.05, 0.1) is 16.6 Å². The van der Waals surface area contributed by atoms with E-state index < -0.39 is 11.1 Å². The SMILES string of the molecule is CC1(C)CC(OC(=O)c2ccccc2)CC(C)(C)[NH+]1[O-]. The first-order chi connectivity index (χ1) is 9.22. The fourth-order valence-corrected chi connectivity index (χ4v) is 3.19. The Hall–Kier alpha value is -1.39. The average Bonchev–Trinajstić information content (AvgIpc) is 2.36. The molecule has 4 nitrogen and oxygen atoms in total. The Morgan fingerprint density at radius 1 is 1.15 bits per heavy atom. The number of hydrogen-bond donors (Lipinski definition) is 1. The summed E-state index contributed by atoms with van der Waals surface area (Å²) < 4.78 is 5.61. The lowest BCUT2D eigenvalue weighted by Gasteiger charge is -2.54. The van der Waals surface area contributed by atoms with Crippen LogP contribution in [0, 0.1) is 5.21 Å². The van der Waals surface area contributed by atoms with Gasteiger partial charge in [0, 0.05) is 12.8 Å². The summed E-state index contributed by atoms with van der Waals surface area (Å²) in [5, 5.41) is 12.6. The molecule has 110 valence electrons. The van der Waals surface area contributed by atoms with Gasteiger partial charge in [-0.05, 0) is 39.8 Å². The normalized spacial score (nSPS) is 27.9. The number of carbonyl (C=O) groups excluding carboxylic acids is 1. The van der Waals surface area contributed by atoms with Crippen molar-refractivity contribution in [2.75, 3.05) is 0 Å². The van der Waals surface area contributed by atoms with Crippen molar-refractivity contribution >= 4 is 5.97 Å². The maximum absolute atomic E-state index is 12.3. The van der Waals surface area contributed by atoms with E-state index in [-0.39, 0.29) is 17.1 Å². The van der Waals surface area contributed by atoms with Gasteiger partial charge in [-0.2, -0.15) is 0 Å². The predicted octanol–water partition coefficient (Wildman–Crippen LogP) is 1.95. The summed E-state index contributed by atoms with van der Waals surface area (Å²) in [5.74, 6) is -0.309. The van der Waals surface area contributed by atoms with Crippen LogP contribution in [0.1, 0.15) is 50.9 Å². The van der Waals surface area contributed by atoms with Crippen LogP contribution < -0.4 is 5.06 Å². The van der Waals surface area contributed by atoms with Gasteiger partial charge in [-0.1, -0.05) is 18.2 Å². The Morgan fingerprint density at radius 2 is 1.65 bits per heavy atom. The second-order valence-corrected chi connectivity index (χ2v) is 6.90. The van der Waals surface area contributed by atoms with E-state index in [1.165, 1.54) is 0 Å². The number of esters is 1. The topological polar surface area (TPSA) is 53.8 Å². The molecular weight excluding hydrogens is 254 g/mol. The van der Waals surface area contributed by atoms with E-state index in [9.17, 15) is 10.0 Å². The Labute approximate surface area is 120 Å². The third-order valence-corrected chi connectivity index (χ3v) is 3.99. The average molecular weight is 277 g/mol. The van der Waals surface area contributed by atoms with E-state index in [2.05, 4.69) is 0 Å². The number of rotatable bonds is 2. The summed E-state index contributed by atoms with van der Waals surface area (Å²) >= 11 is 0. The van der Waals surface area contributed by atoms with Crippen LogP contribution in [-0.2, 0) is 4.74 Å². The van der Waals surface area contributed by atoms with Crippen LogP contribution in [0.3, 0.4) is 0 Å². The molecule has 2 rings (SSSR count). The first kappa shape index (κ1) is 15.0. The van der Waals surface area contributed by atoms with Crippen molar-refractivity contribution in [3.63, 3.8) is 0 Å². The minimum Gasteiger partial charge on any atom is -0.634 e. The zero-order valence-electron chi connectivity index (χ0n) is 12.6. The van der Waals surface area contributed by atoms with Crippen LogP contribution in [0.25, 0.3) is 0 Å². The Balaban J connectivity index is 2.09. The Bertz CT molecular complexity index is 464. The molecule has 1 aliphatic heterocycles. The molecule has 1 aromatic rings. The summed E-state index contributed by atoms with van der Waals surface area (Å²) in [4.78, 5) is 12.1. The van der Waals surface area contributed by atoms with Gasteiger partial charge in [0.25, 0.3) is 0 Å². The molecule has 0 aromatic heterocycles. The number of piperidine rings is 1. The molecule has 0 spiro atoms. The van der Waals surface area contributed by atoms with Crippen LogP contribution in [0.15, 0.2) is 30.3 Å². The Kier molecular flexibility index (Phi) is 3.89. The lowest BCUT2D eigenvalue weighted by Crippen LogP contribution is -3.23. The van der Waals surface area contributed by atoms with Gasteiger partial charge in [-0.25, -0.2) is 4.79 Å². The first-order valence-corrected chi connectivity index (χ1v) is 7.03. The molecule has 1 fully saturated rings. The molecule has 0 amide bonds. The summed E-state index contributed by atoms with van der Waals surface area (Å²) in [6.07, 6.45) is 0.979.